The lowest BCUT2D eigenvalue weighted by Gasteiger charge is -2.48. The van der Waals surface area contributed by atoms with Crippen molar-refractivity contribution in [2.45, 2.75) is 32.1 Å². The van der Waals surface area contributed by atoms with E-state index in [1.54, 1.807) is 0 Å². The SMILES string of the molecule is CN(C)CCN1CC2(CCCN(C(=O)Cc3nn[nH]n3)C2)CCC1=O. The second-order valence-electron chi connectivity index (χ2n) is 7.54. The fraction of sp³-hybridized carbons (Fsp3) is 0.812. The lowest BCUT2D eigenvalue weighted by molar-refractivity contribution is -0.143. The zero-order chi connectivity index (χ0) is 17.9. The molecule has 2 fully saturated rings. The standard InChI is InChI=1S/C16H27N7O2/c1-21(2)8-9-23-12-16(6-4-14(23)24)5-3-7-22(11-16)15(25)10-13-17-19-20-18-13/h3-12H2,1-2H3,(H,17,18,19,20). The largest absolute Gasteiger partial charge is 0.342 e. The Hall–Kier alpha value is -2.03. The van der Waals surface area contributed by atoms with Gasteiger partial charge in [0, 0.05) is 44.6 Å². The summed E-state index contributed by atoms with van der Waals surface area (Å²) in [5.74, 6) is 0.705. The smallest absolute Gasteiger partial charge is 0.230 e. The highest BCUT2D eigenvalue weighted by atomic mass is 16.2. The number of carbonyl (C=O) groups is 2. The molecule has 1 atom stereocenters. The lowest BCUT2D eigenvalue weighted by atomic mass is 9.73. The molecular formula is C16H27N7O2. The average molecular weight is 349 g/mol. The van der Waals surface area contributed by atoms with Crippen LogP contribution in [0.2, 0.25) is 0 Å². The van der Waals surface area contributed by atoms with Crippen LogP contribution in [0.4, 0.5) is 0 Å². The molecule has 0 bridgehead atoms. The maximum atomic E-state index is 12.6. The average Bonchev–Trinajstić information content (AvgIpc) is 3.09. The van der Waals surface area contributed by atoms with Crippen molar-refractivity contribution in [2.24, 2.45) is 5.41 Å². The van der Waals surface area contributed by atoms with Crippen LogP contribution in [-0.4, -0.2) is 94.0 Å². The number of likely N-dealkylation sites (N-methyl/N-ethyl adjacent to an activating group) is 1. The minimum atomic E-state index is 0.0331. The molecule has 3 rings (SSSR count). The summed E-state index contributed by atoms with van der Waals surface area (Å²) in [6.07, 6.45) is 3.69. The molecule has 0 aliphatic carbocycles. The molecule has 3 heterocycles. The molecule has 0 aromatic carbocycles. The van der Waals surface area contributed by atoms with E-state index in [0.29, 0.717) is 12.2 Å². The molecule has 0 saturated carbocycles. The van der Waals surface area contributed by atoms with Crippen LogP contribution in [0.5, 0.6) is 0 Å². The zero-order valence-corrected chi connectivity index (χ0v) is 15.1. The van der Waals surface area contributed by atoms with Crippen LogP contribution in [0.1, 0.15) is 31.5 Å². The van der Waals surface area contributed by atoms with Crippen molar-refractivity contribution >= 4 is 11.8 Å². The summed E-state index contributed by atoms with van der Waals surface area (Å²) in [5.41, 5.74) is 0.0331. The summed E-state index contributed by atoms with van der Waals surface area (Å²) >= 11 is 0. The number of aromatic nitrogens is 4. The molecular weight excluding hydrogens is 322 g/mol. The number of likely N-dealkylation sites (tertiary alicyclic amines) is 2. The summed E-state index contributed by atoms with van der Waals surface area (Å²) in [6.45, 7) is 3.86. The Morgan fingerprint density at radius 2 is 2.16 bits per heavy atom. The van der Waals surface area contributed by atoms with E-state index in [9.17, 15) is 9.59 Å². The molecule has 138 valence electrons. The van der Waals surface area contributed by atoms with Crippen molar-refractivity contribution in [3.63, 3.8) is 0 Å². The number of hydrogen-bond donors (Lipinski definition) is 1. The molecule has 1 aromatic heterocycles. The third kappa shape index (κ3) is 4.33. The monoisotopic (exact) mass is 349 g/mol. The maximum Gasteiger partial charge on any atom is 0.230 e. The van der Waals surface area contributed by atoms with Crippen molar-refractivity contribution in [3.8, 4) is 0 Å². The summed E-state index contributed by atoms with van der Waals surface area (Å²) in [4.78, 5) is 30.8. The third-order valence-electron chi connectivity index (χ3n) is 5.28. The van der Waals surface area contributed by atoms with Crippen LogP contribution in [0.3, 0.4) is 0 Å². The highest BCUT2D eigenvalue weighted by Gasteiger charge is 2.42. The van der Waals surface area contributed by atoms with E-state index in [4.69, 9.17) is 0 Å². The van der Waals surface area contributed by atoms with E-state index in [-0.39, 0.29) is 23.7 Å². The summed E-state index contributed by atoms with van der Waals surface area (Å²) < 4.78 is 0. The Balaban J connectivity index is 1.62. The summed E-state index contributed by atoms with van der Waals surface area (Å²) in [6, 6.07) is 0. The quantitative estimate of drug-likeness (QED) is 0.772. The van der Waals surface area contributed by atoms with Crippen molar-refractivity contribution in [1.29, 1.82) is 0 Å². The Bertz CT molecular complexity index is 604. The van der Waals surface area contributed by atoms with Crippen LogP contribution in [-0.2, 0) is 16.0 Å². The fourth-order valence-electron chi connectivity index (χ4n) is 3.89. The van der Waals surface area contributed by atoms with Gasteiger partial charge in [-0.25, -0.2) is 0 Å². The van der Waals surface area contributed by atoms with E-state index in [1.165, 1.54) is 0 Å². The zero-order valence-electron chi connectivity index (χ0n) is 15.1. The molecule has 9 nitrogen and oxygen atoms in total. The second-order valence-corrected chi connectivity index (χ2v) is 7.54. The van der Waals surface area contributed by atoms with Gasteiger partial charge in [0.05, 0.1) is 6.42 Å². The van der Waals surface area contributed by atoms with E-state index in [0.717, 1.165) is 52.0 Å². The van der Waals surface area contributed by atoms with E-state index >= 15 is 0 Å². The molecule has 1 aromatic rings. The highest BCUT2D eigenvalue weighted by Crippen LogP contribution is 2.38. The van der Waals surface area contributed by atoms with Crippen LogP contribution < -0.4 is 0 Å². The number of nitrogens with one attached hydrogen (secondary N) is 1. The number of hydrogen-bond acceptors (Lipinski definition) is 6. The highest BCUT2D eigenvalue weighted by molar-refractivity contribution is 5.79. The van der Waals surface area contributed by atoms with Gasteiger partial charge in [-0.2, -0.15) is 5.21 Å². The number of rotatable bonds is 5. The van der Waals surface area contributed by atoms with Crippen molar-refractivity contribution < 1.29 is 9.59 Å². The molecule has 9 heteroatoms. The molecule has 1 unspecified atom stereocenters. The predicted molar refractivity (Wildman–Crippen MR) is 90.5 cm³/mol. The van der Waals surface area contributed by atoms with Gasteiger partial charge in [0.25, 0.3) is 0 Å². The first kappa shape index (κ1) is 17.8. The fourth-order valence-corrected chi connectivity index (χ4v) is 3.89. The first-order valence-corrected chi connectivity index (χ1v) is 8.90. The predicted octanol–water partition coefficient (Wildman–Crippen LogP) is -0.465. The molecule has 2 saturated heterocycles. The number of H-pyrrole nitrogens is 1. The normalized spacial score (nSPS) is 24.4. The lowest BCUT2D eigenvalue weighted by Crippen LogP contribution is -2.56. The van der Waals surface area contributed by atoms with Gasteiger partial charge < -0.3 is 14.7 Å². The summed E-state index contributed by atoms with van der Waals surface area (Å²) in [5, 5.41) is 13.6. The van der Waals surface area contributed by atoms with Gasteiger partial charge in [-0.1, -0.05) is 5.21 Å². The molecule has 1 spiro atoms. The van der Waals surface area contributed by atoms with Crippen molar-refractivity contribution in [2.75, 3.05) is 46.8 Å². The first-order chi connectivity index (χ1) is 12.0. The van der Waals surface area contributed by atoms with Gasteiger partial charge >= 0.3 is 0 Å². The summed E-state index contributed by atoms with van der Waals surface area (Å²) in [7, 11) is 4.03. The molecule has 2 amide bonds. The minimum Gasteiger partial charge on any atom is -0.342 e. The van der Waals surface area contributed by atoms with Gasteiger partial charge in [-0.15, -0.1) is 10.2 Å². The third-order valence-corrected chi connectivity index (χ3v) is 5.28. The van der Waals surface area contributed by atoms with Crippen LogP contribution in [0.15, 0.2) is 0 Å². The molecule has 0 radical (unpaired) electrons. The molecule has 1 N–H and O–H groups in total. The van der Waals surface area contributed by atoms with Crippen LogP contribution >= 0.6 is 0 Å². The van der Waals surface area contributed by atoms with Gasteiger partial charge in [0.15, 0.2) is 5.82 Å². The van der Waals surface area contributed by atoms with Gasteiger partial charge in [-0.05, 0) is 33.4 Å². The second kappa shape index (κ2) is 7.47. The van der Waals surface area contributed by atoms with Gasteiger partial charge in [0.1, 0.15) is 0 Å². The Kier molecular flexibility index (Phi) is 5.31. The van der Waals surface area contributed by atoms with E-state index in [1.807, 2.05) is 23.9 Å². The number of carbonyl (C=O) groups excluding carboxylic acids is 2. The number of aromatic amines is 1. The number of amides is 2. The Labute approximate surface area is 147 Å². The first-order valence-electron chi connectivity index (χ1n) is 8.90. The van der Waals surface area contributed by atoms with E-state index in [2.05, 4.69) is 25.5 Å². The topological polar surface area (TPSA) is 98.3 Å². The molecule has 2 aliphatic heterocycles. The molecule has 25 heavy (non-hydrogen) atoms. The Morgan fingerprint density at radius 1 is 1.32 bits per heavy atom. The number of tetrazole rings is 1. The van der Waals surface area contributed by atoms with Crippen LogP contribution in [0, 0.1) is 5.41 Å². The Morgan fingerprint density at radius 3 is 2.88 bits per heavy atom. The minimum absolute atomic E-state index is 0.0331. The van der Waals surface area contributed by atoms with Gasteiger partial charge in [-0.3, -0.25) is 9.59 Å². The van der Waals surface area contributed by atoms with Crippen molar-refractivity contribution in [1.82, 2.24) is 35.3 Å². The number of piperidine rings is 2. The van der Waals surface area contributed by atoms with Crippen molar-refractivity contribution in [3.05, 3.63) is 5.82 Å². The van der Waals surface area contributed by atoms with E-state index < -0.39 is 0 Å². The number of nitrogens with zero attached hydrogens (tertiary/aromatic N) is 6. The molecule has 2 aliphatic rings. The maximum absolute atomic E-state index is 12.6. The van der Waals surface area contributed by atoms with Gasteiger partial charge in [0.2, 0.25) is 11.8 Å². The van der Waals surface area contributed by atoms with Crippen LogP contribution in [0.25, 0.3) is 0 Å².